The normalized spacial score (nSPS) is 55.2. The first-order valence-electron chi connectivity index (χ1n) is 36.1. The van der Waals surface area contributed by atoms with Crippen LogP contribution in [0.15, 0.2) is 60.7 Å². The highest BCUT2D eigenvalue weighted by Gasteiger charge is 2.73. The topological polar surface area (TPSA) is 135 Å². The van der Waals surface area contributed by atoms with E-state index in [1.807, 2.05) is 18.2 Å². The van der Waals surface area contributed by atoms with Crippen LogP contribution in [0.25, 0.3) is 0 Å². The second-order valence-electron chi connectivity index (χ2n) is 35.8. The lowest BCUT2D eigenvalue weighted by Gasteiger charge is -2.64. The van der Waals surface area contributed by atoms with Crippen molar-refractivity contribution in [3.63, 3.8) is 0 Å². The van der Waals surface area contributed by atoms with Gasteiger partial charge in [-0.05, 0) is 253 Å². The van der Waals surface area contributed by atoms with Gasteiger partial charge in [0.05, 0.1) is 47.8 Å². The van der Waals surface area contributed by atoms with E-state index in [-0.39, 0.29) is 63.8 Å². The molecule has 2 aromatic rings. The lowest BCUT2D eigenvalue weighted by atomic mass is 9.42. The number of benzene rings is 2. The highest BCUT2D eigenvalue weighted by atomic mass is 16.8. The summed E-state index contributed by atoms with van der Waals surface area (Å²) in [5, 5.41) is 46.8. The zero-order valence-corrected chi connectivity index (χ0v) is 56.1. The minimum absolute atomic E-state index is 0.0937. The van der Waals surface area contributed by atoms with Crippen molar-refractivity contribution >= 4 is 5.78 Å². The molecule has 2 saturated heterocycles. The van der Waals surface area contributed by atoms with Gasteiger partial charge in [0.25, 0.3) is 0 Å². The molecular weight excluding hydrogens is 1080 g/mol. The van der Waals surface area contributed by atoms with E-state index in [4.69, 9.17) is 18.9 Å². The molecule has 16 rings (SSSR count). The molecule has 0 bridgehead atoms. The number of hydrogen-bond donors (Lipinski definition) is 4. The summed E-state index contributed by atoms with van der Waals surface area (Å²) in [5.41, 5.74) is 0.882. The third-order valence-electron chi connectivity index (χ3n) is 31.1. The molecule has 482 valence electrons. The Morgan fingerprint density at radius 1 is 0.379 bits per heavy atom. The van der Waals surface area contributed by atoms with E-state index >= 15 is 0 Å². The molecule has 9 nitrogen and oxygen atoms in total. The molecule has 0 aromatic heterocycles. The number of aliphatic hydroxyl groups is 4. The monoisotopic (exact) mass is 1200 g/mol. The van der Waals surface area contributed by atoms with Gasteiger partial charge in [-0.2, -0.15) is 0 Å². The van der Waals surface area contributed by atoms with Crippen LogP contribution in [-0.2, 0) is 34.9 Å². The van der Waals surface area contributed by atoms with Crippen molar-refractivity contribution < 1.29 is 44.2 Å². The average Bonchev–Trinajstić information content (AvgIpc) is 1.68. The van der Waals surface area contributed by atoms with Gasteiger partial charge in [-0.25, -0.2) is 0 Å². The number of hydrogen-bond acceptors (Lipinski definition) is 9. The molecule has 0 spiro atoms. The van der Waals surface area contributed by atoms with Gasteiger partial charge in [-0.1, -0.05) is 142 Å². The molecule has 9 heteroatoms. The maximum Gasteiger partial charge on any atom is 0.163 e. The second kappa shape index (κ2) is 21.1. The predicted octanol–water partition coefficient (Wildman–Crippen LogP) is 15.8. The molecule has 4 N–H and O–H groups in total. The maximum absolute atomic E-state index is 12.8. The molecule has 2 aliphatic heterocycles. The van der Waals surface area contributed by atoms with Gasteiger partial charge in [0.1, 0.15) is 5.78 Å². The average molecular weight is 1200 g/mol. The first-order valence-corrected chi connectivity index (χ1v) is 36.1. The minimum atomic E-state index is -0.840. The number of carbonyl (C=O) groups is 1. The molecule has 87 heavy (non-hydrogen) atoms. The fourth-order valence-corrected chi connectivity index (χ4v) is 26.4. The molecule has 0 radical (unpaired) electrons. The van der Waals surface area contributed by atoms with Gasteiger partial charge < -0.3 is 39.4 Å². The van der Waals surface area contributed by atoms with Crippen molar-refractivity contribution in [3.05, 3.63) is 71.8 Å². The quantitative estimate of drug-likeness (QED) is 0.232. The van der Waals surface area contributed by atoms with Crippen LogP contribution in [0.2, 0.25) is 0 Å². The van der Waals surface area contributed by atoms with E-state index in [0.717, 1.165) is 100 Å². The summed E-state index contributed by atoms with van der Waals surface area (Å²) in [4.78, 5) is 12.8. The molecule has 2 heterocycles. The van der Waals surface area contributed by atoms with E-state index < -0.39 is 35.0 Å². The lowest BCUT2D eigenvalue weighted by Crippen LogP contribution is -2.64. The molecule has 14 aliphatic rings. The molecule has 0 amide bonds. The number of rotatable bonds is 2. The van der Waals surface area contributed by atoms with Gasteiger partial charge in [-0.15, -0.1) is 0 Å². The maximum atomic E-state index is 12.8. The van der Waals surface area contributed by atoms with Crippen LogP contribution in [0, 0.1) is 121 Å². The Hall–Kier alpha value is -2.21. The van der Waals surface area contributed by atoms with Crippen molar-refractivity contribution in [3.8, 4) is 0 Å². The van der Waals surface area contributed by atoms with E-state index in [1.54, 1.807) is 0 Å². The zero-order valence-electron chi connectivity index (χ0n) is 56.1. The number of Topliss-reactive ketones (excluding diaryl/α,β-unsaturated/α-hetero) is 1. The molecule has 14 fully saturated rings. The fourth-order valence-electron chi connectivity index (χ4n) is 26.4. The SMILES string of the molecule is C[C@H]1CC[C@@]2(C)[C@H](C1)[C@@H](O)[C@H](O)C1[C@@H]2CC[C@@]2(C)[C@H]1CC[C@@]2(O)c1ccccc1.C[C@H]1CC[C@@]2(C)[C@H](C1)[C@H]1OC(C)(C)O[C@@H]1C1[C@@H]2CC[C@@]2(C)[C@H]1CC[C@@]2(O)c1ccccc1.C[C@H]1CC[C@@]2(C)[C@H](C1)[C@H]1OC(C)(C)O[C@@H]1C1[C@@H]2CC[C@]2(C)C(=O)CC[C@@H]12. The van der Waals surface area contributed by atoms with Crippen LogP contribution in [0.1, 0.15) is 236 Å². The minimum Gasteiger partial charge on any atom is -0.390 e. The molecule has 12 aliphatic carbocycles. The summed E-state index contributed by atoms with van der Waals surface area (Å²) >= 11 is 0. The Bertz CT molecular complexity index is 2880. The Labute approximate surface area is 524 Å². The third kappa shape index (κ3) is 9.06. The van der Waals surface area contributed by atoms with E-state index in [2.05, 4.69) is 132 Å². The summed E-state index contributed by atoms with van der Waals surface area (Å²) in [6.45, 7) is 30.0. The standard InChI is InChI=1S/C29H42O3.C26H38O3.C23H36O3/c1-18-11-14-27(4)20-12-15-28(5)21(13-16-29(28,30)19-9-7-6-8-10-19)23(20)25-24(22(27)17-18)31-26(2,3)32-25;1-16-9-12-24(2)18-10-13-25(3)19(21(18)23(28)22(27)20(24)15-16)11-14-26(25,29)17-7-5-4-6-8-17;1-13-8-10-22(4)15-9-11-23(5)14(6-7-17(23)24)18(15)20-19(16(22)12-13)25-21(2,3)26-20/h6-10,18,20-25,30H,11-17H2,1-5H3;4-8,16,18-23,27-29H,9-15H2,1-3H3;13-16,18-20H,6-12H2,1-5H3/t18-,20-,21-,22+,23?,24+,25+,27+,28-,29+;16-,18-,19-,20+,21?,22+,23+,24+,25-,26+;13-,14-,15-,16+,18?,19+,20+,22+,23-/m000/s1. The van der Waals surface area contributed by atoms with Crippen molar-refractivity contribution in [1.82, 2.24) is 0 Å². The highest BCUT2D eigenvalue weighted by molar-refractivity contribution is 5.87. The van der Waals surface area contributed by atoms with Crippen molar-refractivity contribution in [2.24, 2.45) is 121 Å². The second-order valence-corrected chi connectivity index (χ2v) is 35.8. The Balaban J connectivity index is 0.000000116. The summed E-state index contributed by atoms with van der Waals surface area (Å²) in [6.07, 6.45) is 23.0. The van der Waals surface area contributed by atoms with E-state index in [0.29, 0.717) is 75.8 Å². The van der Waals surface area contributed by atoms with Crippen molar-refractivity contribution in [1.29, 1.82) is 0 Å². The Kier molecular flexibility index (Phi) is 15.1. The Morgan fingerprint density at radius 3 is 1.21 bits per heavy atom. The van der Waals surface area contributed by atoms with Gasteiger partial charge in [0.2, 0.25) is 0 Å². The molecule has 3 unspecified atom stereocenters. The van der Waals surface area contributed by atoms with Crippen LogP contribution in [0.3, 0.4) is 0 Å². The van der Waals surface area contributed by atoms with Crippen LogP contribution in [0.5, 0.6) is 0 Å². The van der Waals surface area contributed by atoms with Crippen LogP contribution in [-0.4, -0.2) is 74.4 Å². The first kappa shape index (κ1) is 62.3. The summed E-state index contributed by atoms with van der Waals surface area (Å²) in [7, 11) is 0. The fraction of sp³-hybridized carbons (Fsp3) is 0.833. The molecule has 29 atom stereocenters. The van der Waals surface area contributed by atoms with E-state index in [9.17, 15) is 25.2 Å². The highest BCUT2D eigenvalue weighted by Crippen LogP contribution is 2.74. The van der Waals surface area contributed by atoms with Gasteiger partial charge in [0, 0.05) is 22.7 Å². The van der Waals surface area contributed by atoms with Gasteiger partial charge in [-0.3, -0.25) is 4.79 Å². The van der Waals surface area contributed by atoms with Crippen molar-refractivity contribution in [2.45, 2.75) is 284 Å². The number of fused-ring (bicyclic) bond motifs is 21. The van der Waals surface area contributed by atoms with E-state index in [1.165, 1.54) is 57.8 Å². The summed E-state index contributed by atoms with van der Waals surface area (Å²) in [6, 6.07) is 20.7. The van der Waals surface area contributed by atoms with Crippen LogP contribution in [0.4, 0.5) is 0 Å². The summed E-state index contributed by atoms with van der Waals surface area (Å²) < 4.78 is 26.7. The predicted molar refractivity (Wildman–Crippen MR) is 340 cm³/mol. The van der Waals surface area contributed by atoms with Crippen LogP contribution >= 0.6 is 0 Å². The van der Waals surface area contributed by atoms with Crippen molar-refractivity contribution in [2.75, 3.05) is 0 Å². The lowest BCUT2D eigenvalue weighted by molar-refractivity contribution is -0.229. The molecule has 12 saturated carbocycles. The number of ketones is 1. The molecular formula is C78H116O9. The zero-order chi connectivity index (χ0) is 61.6. The third-order valence-corrected chi connectivity index (χ3v) is 31.1. The smallest absolute Gasteiger partial charge is 0.163 e. The van der Waals surface area contributed by atoms with Gasteiger partial charge in [0.15, 0.2) is 11.6 Å². The number of carbonyl (C=O) groups excluding carboxylic acids is 1. The molecule has 2 aromatic carbocycles. The van der Waals surface area contributed by atoms with Crippen LogP contribution < -0.4 is 0 Å². The number of ether oxygens (including phenoxy) is 4. The van der Waals surface area contributed by atoms with Gasteiger partial charge >= 0.3 is 0 Å². The number of aliphatic hydroxyl groups excluding tert-OH is 2. The Morgan fingerprint density at radius 2 is 0.747 bits per heavy atom. The largest absolute Gasteiger partial charge is 0.390 e. The first-order chi connectivity index (χ1) is 41.0. The summed E-state index contributed by atoms with van der Waals surface area (Å²) in [5.74, 6) is 7.28.